The molecule has 0 saturated heterocycles. The van der Waals surface area contributed by atoms with Crippen LogP contribution in [0.5, 0.6) is 11.5 Å². The van der Waals surface area contributed by atoms with E-state index in [0.29, 0.717) is 16.9 Å². The lowest BCUT2D eigenvalue weighted by Crippen LogP contribution is -2.00. The monoisotopic (exact) mass is 327 g/mol. The number of rotatable bonds is 3. The summed E-state index contributed by atoms with van der Waals surface area (Å²) in [6.07, 6.45) is 0. The predicted molar refractivity (Wildman–Crippen MR) is 73.2 cm³/mol. The van der Waals surface area contributed by atoms with Gasteiger partial charge in [-0.2, -0.15) is 0 Å². The topological polar surface area (TPSA) is 35.2 Å². The van der Waals surface area contributed by atoms with Gasteiger partial charge in [-0.05, 0) is 58.2 Å². The molecule has 0 heterocycles. The van der Waals surface area contributed by atoms with E-state index in [2.05, 4.69) is 15.9 Å². The molecular weight excluding hydrogens is 316 g/mol. The molecule has 19 heavy (non-hydrogen) atoms. The van der Waals surface area contributed by atoms with Gasteiger partial charge in [0.15, 0.2) is 11.6 Å². The van der Waals surface area contributed by atoms with Crippen LogP contribution in [0.2, 0.25) is 0 Å². The van der Waals surface area contributed by atoms with Crippen LogP contribution < -0.4 is 10.5 Å². The van der Waals surface area contributed by atoms with Gasteiger partial charge in [-0.15, -0.1) is 0 Å². The molecular formula is C14H12BrF2NO. The molecule has 0 fully saturated rings. The molecule has 2 N–H and O–H groups in total. The summed E-state index contributed by atoms with van der Waals surface area (Å²) in [4.78, 5) is 0. The van der Waals surface area contributed by atoms with Crippen molar-refractivity contribution < 1.29 is 13.5 Å². The second-order valence-electron chi connectivity index (χ2n) is 4.07. The van der Waals surface area contributed by atoms with Crippen molar-refractivity contribution in [3.8, 4) is 11.5 Å². The third kappa shape index (κ3) is 2.93. The zero-order chi connectivity index (χ0) is 14.0. The van der Waals surface area contributed by atoms with E-state index in [4.69, 9.17) is 10.5 Å². The van der Waals surface area contributed by atoms with Gasteiger partial charge in [-0.3, -0.25) is 0 Å². The van der Waals surface area contributed by atoms with Gasteiger partial charge in [-0.1, -0.05) is 6.07 Å². The van der Waals surface area contributed by atoms with Gasteiger partial charge in [0.05, 0.1) is 4.47 Å². The summed E-state index contributed by atoms with van der Waals surface area (Å²) in [6, 6.07) is 7.25. The minimum atomic E-state index is -0.522. The third-order valence-electron chi connectivity index (χ3n) is 2.70. The van der Waals surface area contributed by atoms with E-state index in [1.807, 2.05) is 0 Å². The molecule has 0 radical (unpaired) electrons. The number of hydrogen-bond acceptors (Lipinski definition) is 2. The van der Waals surface area contributed by atoms with Gasteiger partial charge in [0.25, 0.3) is 0 Å². The molecule has 0 bridgehead atoms. The summed E-state index contributed by atoms with van der Waals surface area (Å²) in [7, 11) is 0. The zero-order valence-electron chi connectivity index (χ0n) is 10.2. The van der Waals surface area contributed by atoms with Crippen LogP contribution in [0.25, 0.3) is 0 Å². The highest BCUT2D eigenvalue weighted by molar-refractivity contribution is 9.10. The Hall–Kier alpha value is -1.46. The maximum atomic E-state index is 14.0. The fourth-order valence-corrected chi connectivity index (χ4v) is 2.14. The van der Waals surface area contributed by atoms with Crippen LogP contribution in [0.3, 0.4) is 0 Å². The Bertz CT molecular complexity index is 617. The number of benzene rings is 2. The van der Waals surface area contributed by atoms with E-state index in [1.54, 1.807) is 13.0 Å². The van der Waals surface area contributed by atoms with Crippen LogP contribution in [-0.2, 0) is 6.54 Å². The molecule has 100 valence electrons. The van der Waals surface area contributed by atoms with E-state index in [0.717, 1.165) is 0 Å². The standard InChI is InChI=1S/C14H12BrF2NO/c1-8-6-10(16)3-5-11(8)19-12-4-2-9(7-18)13(15)14(12)17/h2-6H,7,18H2,1H3. The molecule has 0 aromatic heterocycles. The van der Waals surface area contributed by atoms with Crippen LogP contribution in [-0.4, -0.2) is 0 Å². The maximum absolute atomic E-state index is 14.0. The third-order valence-corrected chi connectivity index (χ3v) is 3.56. The number of aryl methyl sites for hydroxylation is 1. The lowest BCUT2D eigenvalue weighted by molar-refractivity contribution is 0.436. The summed E-state index contributed by atoms with van der Waals surface area (Å²) < 4.78 is 32.8. The highest BCUT2D eigenvalue weighted by atomic mass is 79.9. The SMILES string of the molecule is Cc1cc(F)ccc1Oc1ccc(CN)c(Br)c1F. The van der Waals surface area contributed by atoms with Crippen molar-refractivity contribution in [1.82, 2.24) is 0 Å². The number of nitrogens with two attached hydrogens (primary N) is 1. The molecule has 2 rings (SSSR count). The lowest BCUT2D eigenvalue weighted by atomic mass is 10.2. The molecule has 0 amide bonds. The van der Waals surface area contributed by atoms with Crippen molar-refractivity contribution in [2.75, 3.05) is 0 Å². The fourth-order valence-electron chi connectivity index (χ4n) is 1.65. The van der Waals surface area contributed by atoms with Crippen molar-refractivity contribution in [1.29, 1.82) is 0 Å². The highest BCUT2D eigenvalue weighted by Crippen LogP contribution is 2.32. The van der Waals surface area contributed by atoms with Gasteiger partial charge in [0.1, 0.15) is 11.6 Å². The van der Waals surface area contributed by atoms with Crippen LogP contribution in [0, 0.1) is 18.6 Å². The van der Waals surface area contributed by atoms with Crippen molar-refractivity contribution in [2.45, 2.75) is 13.5 Å². The van der Waals surface area contributed by atoms with Crippen molar-refractivity contribution in [3.63, 3.8) is 0 Å². The van der Waals surface area contributed by atoms with E-state index >= 15 is 0 Å². The Morgan fingerprint density at radius 2 is 1.84 bits per heavy atom. The van der Waals surface area contributed by atoms with Crippen LogP contribution in [0.15, 0.2) is 34.8 Å². The number of ether oxygens (including phenoxy) is 1. The number of hydrogen-bond donors (Lipinski definition) is 1. The minimum Gasteiger partial charge on any atom is -0.454 e. The average molecular weight is 328 g/mol. The summed E-state index contributed by atoms with van der Waals surface area (Å²) in [5.74, 6) is -0.400. The summed E-state index contributed by atoms with van der Waals surface area (Å²) >= 11 is 3.14. The molecule has 0 atom stereocenters. The summed E-state index contributed by atoms with van der Waals surface area (Å²) in [5.41, 5.74) is 6.73. The first-order valence-electron chi connectivity index (χ1n) is 5.64. The molecule has 0 spiro atoms. The maximum Gasteiger partial charge on any atom is 0.180 e. The molecule has 2 nitrogen and oxygen atoms in total. The summed E-state index contributed by atoms with van der Waals surface area (Å²) in [6.45, 7) is 1.92. The van der Waals surface area contributed by atoms with Gasteiger partial charge < -0.3 is 10.5 Å². The predicted octanol–water partition coefficient (Wildman–Crippen LogP) is 4.29. The van der Waals surface area contributed by atoms with Gasteiger partial charge in [0, 0.05) is 6.54 Å². The lowest BCUT2D eigenvalue weighted by Gasteiger charge is -2.11. The Balaban J connectivity index is 2.36. The minimum absolute atomic E-state index is 0.0683. The highest BCUT2D eigenvalue weighted by Gasteiger charge is 2.13. The van der Waals surface area contributed by atoms with Gasteiger partial charge in [0.2, 0.25) is 0 Å². The molecule has 2 aromatic carbocycles. The van der Waals surface area contributed by atoms with E-state index < -0.39 is 5.82 Å². The first-order chi connectivity index (χ1) is 9.02. The zero-order valence-corrected chi connectivity index (χ0v) is 11.8. The second-order valence-corrected chi connectivity index (χ2v) is 4.86. The van der Waals surface area contributed by atoms with Crippen molar-refractivity contribution >= 4 is 15.9 Å². The average Bonchev–Trinajstić information content (AvgIpc) is 2.38. The molecule has 0 unspecified atom stereocenters. The molecule has 0 aliphatic heterocycles. The molecule has 0 aliphatic carbocycles. The van der Waals surface area contributed by atoms with E-state index in [9.17, 15) is 8.78 Å². The Labute approximate surface area is 118 Å². The first-order valence-corrected chi connectivity index (χ1v) is 6.43. The fraction of sp³-hybridized carbons (Fsp3) is 0.143. The molecule has 5 heteroatoms. The second kappa shape index (κ2) is 5.67. The summed E-state index contributed by atoms with van der Waals surface area (Å²) in [5, 5.41) is 0. The van der Waals surface area contributed by atoms with Gasteiger partial charge in [-0.25, -0.2) is 8.78 Å². The van der Waals surface area contributed by atoms with Gasteiger partial charge >= 0.3 is 0 Å². The Morgan fingerprint density at radius 1 is 1.16 bits per heavy atom. The first kappa shape index (κ1) is 14.0. The Morgan fingerprint density at radius 3 is 2.47 bits per heavy atom. The van der Waals surface area contributed by atoms with Crippen LogP contribution in [0.1, 0.15) is 11.1 Å². The van der Waals surface area contributed by atoms with Crippen LogP contribution >= 0.6 is 15.9 Å². The molecule has 0 saturated carbocycles. The quantitative estimate of drug-likeness (QED) is 0.912. The smallest absolute Gasteiger partial charge is 0.180 e. The normalized spacial score (nSPS) is 10.6. The van der Waals surface area contributed by atoms with Crippen molar-refractivity contribution in [2.24, 2.45) is 5.73 Å². The Kier molecular flexibility index (Phi) is 4.17. The van der Waals surface area contributed by atoms with Crippen molar-refractivity contribution in [3.05, 3.63) is 57.6 Å². The van der Waals surface area contributed by atoms with Crippen LogP contribution in [0.4, 0.5) is 8.78 Å². The largest absolute Gasteiger partial charge is 0.454 e. The van der Waals surface area contributed by atoms with E-state index in [1.165, 1.54) is 24.3 Å². The number of halogens is 3. The van der Waals surface area contributed by atoms with E-state index in [-0.39, 0.29) is 22.6 Å². The molecule has 0 aliphatic rings. The molecule has 2 aromatic rings.